The minimum atomic E-state index is 0.313. The lowest BCUT2D eigenvalue weighted by atomic mass is 9.94. The maximum absolute atomic E-state index is 9.28. The van der Waals surface area contributed by atoms with Crippen LogP contribution in [0.5, 0.6) is 0 Å². The molecule has 2 aliphatic heterocycles. The Labute approximate surface area is 115 Å². The monoisotopic (exact) mass is 263 g/mol. The molecule has 2 aliphatic rings. The number of piperidine rings is 1. The van der Waals surface area contributed by atoms with Crippen LogP contribution in [0.4, 0.5) is 0 Å². The number of aromatic nitrogens is 2. The predicted molar refractivity (Wildman–Crippen MR) is 75.0 cm³/mol. The summed E-state index contributed by atoms with van der Waals surface area (Å²) >= 11 is 0. The van der Waals surface area contributed by atoms with E-state index in [0.717, 1.165) is 31.7 Å². The minimum absolute atomic E-state index is 0.313. The first-order valence-electron chi connectivity index (χ1n) is 7.59. The van der Waals surface area contributed by atoms with E-state index in [1.54, 1.807) is 0 Å². The highest BCUT2D eigenvalue weighted by atomic mass is 16.3. The molecule has 0 aromatic carbocycles. The van der Waals surface area contributed by atoms with Gasteiger partial charge < -0.3 is 14.6 Å². The molecule has 0 saturated carbocycles. The molecule has 2 atom stereocenters. The Bertz CT molecular complexity index is 429. The van der Waals surface area contributed by atoms with Crippen molar-refractivity contribution in [2.75, 3.05) is 26.7 Å². The van der Waals surface area contributed by atoms with E-state index in [9.17, 15) is 5.11 Å². The van der Waals surface area contributed by atoms with E-state index in [0.29, 0.717) is 12.5 Å². The molecule has 19 heavy (non-hydrogen) atoms. The molecule has 1 aromatic heterocycles. The summed E-state index contributed by atoms with van der Waals surface area (Å²) in [7, 11) is 2.22. The summed E-state index contributed by atoms with van der Waals surface area (Å²) in [6.07, 6.45) is 7.90. The van der Waals surface area contributed by atoms with Crippen LogP contribution in [0.2, 0.25) is 0 Å². The Morgan fingerprint density at radius 2 is 2.21 bits per heavy atom. The zero-order valence-corrected chi connectivity index (χ0v) is 11.9. The van der Waals surface area contributed by atoms with E-state index >= 15 is 0 Å². The highest BCUT2D eigenvalue weighted by Gasteiger charge is 2.24. The normalized spacial score (nSPS) is 28.3. The molecule has 3 rings (SSSR count). The van der Waals surface area contributed by atoms with Crippen LogP contribution >= 0.6 is 0 Å². The van der Waals surface area contributed by atoms with Crippen molar-refractivity contribution in [2.45, 2.75) is 38.6 Å². The second kappa shape index (κ2) is 5.63. The Morgan fingerprint density at radius 3 is 3.00 bits per heavy atom. The lowest BCUT2D eigenvalue weighted by Gasteiger charge is -2.30. The molecule has 0 spiro atoms. The van der Waals surface area contributed by atoms with Crippen LogP contribution < -0.4 is 0 Å². The Balaban J connectivity index is 1.67. The molecule has 0 bridgehead atoms. The van der Waals surface area contributed by atoms with Gasteiger partial charge in [-0.25, -0.2) is 4.98 Å². The molecule has 0 radical (unpaired) electrons. The number of rotatable bonds is 3. The summed E-state index contributed by atoms with van der Waals surface area (Å²) in [5.74, 6) is 2.48. The molecule has 1 aromatic rings. The first kappa shape index (κ1) is 13.1. The van der Waals surface area contributed by atoms with Crippen molar-refractivity contribution in [1.29, 1.82) is 0 Å². The van der Waals surface area contributed by atoms with Crippen molar-refractivity contribution in [3.8, 4) is 0 Å². The smallest absolute Gasteiger partial charge is 0.109 e. The third kappa shape index (κ3) is 2.84. The number of aliphatic hydroxyl groups excluding tert-OH is 1. The summed E-state index contributed by atoms with van der Waals surface area (Å²) in [6.45, 7) is 3.81. The number of fused-ring (bicyclic) bond motifs is 1. The number of likely N-dealkylation sites (tertiary alicyclic amines) is 1. The topological polar surface area (TPSA) is 41.3 Å². The zero-order valence-electron chi connectivity index (χ0n) is 11.9. The van der Waals surface area contributed by atoms with Crippen molar-refractivity contribution in [3.63, 3.8) is 0 Å². The van der Waals surface area contributed by atoms with E-state index in [2.05, 4.69) is 21.5 Å². The molecule has 106 valence electrons. The van der Waals surface area contributed by atoms with Gasteiger partial charge in [-0.05, 0) is 51.1 Å². The Hall–Kier alpha value is -0.870. The van der Waals surface area contributed by atoms with Gasteiger partial charge in [-0.15, -0.1) is 0 Å². The van der Waals surface area contributed by atoms with Crippen LogP contribution in [-0.2, 0) is 19.4 Å². The van der Waals surface area contributed by atoms with Gasteiger partial charge >= 0.3 is 0 Å². The molecule has 0 amide bonds. The summed E-state index contributed by atoms with van der Waals surface area (Å²) in [5, 5.41) is 9.28. The van der Waals surface area contributed by atoms with Crippen LogP contribution in [0, 0.1) is 11.8 Å². The maximum atomic E-state index is 9.28. The molecular weight excluding hydrogens is 238 g/mol. The molecular formula is C15H25N3O. The first-order chi connectivity index (χ1) is 9.26. The summed E-state index contributed by atoms with van der Waals surface area (Å²) in [6, 6.07) is 0. The third-order valence-electron chi connectivity index (χ3n) is 4.73. The van der Waals surface area contributed by atoms with Crippen LogP contribution in [-0.4, -0.2) is 46.3 Å². The standard InChI is InChI=1S/C15H25N3O/c1-17-5-2-3-12(10-17)8-15-16-9-14-7-13(11-19)4-6-18(14)15/h9,12-13,19H,2-8,10-11H2,1H3. The Kier molecular flexibility index (Phi) is 3.89. The molecule has 3 heterocycles. The Morgan fingerprint density at radius 1 is 1.32 bits per heavy atom. The third-order valence-corrected chi connectivity index (χ3v) is 4.73. The second-order valence-corrected chi connectivity index (χ2v) is 6.33. The van der Waals surface area contributed by atoms with E-state index in [1.807, 2.05) is 6.20 Å². The number of aliphatic hydroxyl groups is 1. The fraction of sp³-hybridized carbons (Fsp3) is 0.800. The second-order valence-electron chi connectivity index (χ2n) is 6.33. The highest BCUT2D eigenvalue weighted by Crippen LogP contribution is 2.25. The van der Waals surface area contributed by atoms with E-state index in [-0.39, 0.29) is 0 Å². The molecule has 4 nitrogen and oxygen atoms in total. The van der Waals surface area contributed by atoms with Crippen molar-refractivity contribution < 1.29 is 5.11 Å². The van der Waals surface area contributed by atoms with Gasteiger partial charge in [-0.3, -0.25) is 0 Å². The molecule has 1 N–H and O–H groups in total. The molecule has 1 saturated heterocycles. The van der Waals surface area contributed by atoms with Gasteiger partial charge in [0.05, 0.1) is 0 Å². The van der Waals surface area contributed by atoms with E-state index in [1.165, 1.54) is 37.4 Å². The van der Waals surface area contributed by atoms with Crippen LogP contribution in [0.15, 0.2) is 6.20 Å². The minimum Gasteiger partial charge on any atom is -0.396 e. The van der Waals surface area contributed by atoms with E-state index in [4.69, 9.17) is 0 Å². The van der Waals surface area contributed by atoms with Gasteiger partial charge in [-0.2, -0.15) is 0 Å². The first-order valence-corrected chi connectivity index (χ1v) is 7.59. The quantitative estimate of drug-likeness (QED) is 0.894. The number of hydrogen-bond acceptors (Lipinski definition) is 3. The number of nitrogens with zero attached hydrogens (tertiary/aromatic N) is 3. The van der Waals surface area contributed by atoms with Crippen LogP contribution in [0.3, 0.4) is 0 Å². The SMILES string of the molecule is CN1CCCC(Cc2ncc3n2CCC(CO)C3)C1. The van der Waals surface area contributed by atoms with Crippen molar-refractivity contribution in [1.82, 2.24) is 14.5 Å². The average molecular weight is 263 g/mol. The maximum Gasteiger partial charge on any atom is 0.109 e. The van der Waals surface area contributed by atoms with Gasteiger partial charge in [0.25, 0.3) is 0 Å². The van der Waals surface area contributed by atoms with Gasteiger partial charge in [-0.1, -0.05) is 0 Å². The highest BCUT2D eigenvalue weighted by molar-refractivity contribution is 5.10. The molecule has 2 unspecified atom stereocenters. The summed E-state index contributed by atoms with van der Waals surface area (Å²) in [4.78, 5) is 7.09. The van der Waals surface area contributed by atoms with Gasteiger partial charge in [0.15, 0.2) is 0 Å². The van der Waals surface area contributed by atoms with Crippen molar-refractivity contribution in [3.05, 3.63) is 17.7 Å². The molecule has 4 heteroatoms. The van der Waals surface area contributed by atoms with Gasteiger partial charge in [0.1, 0.15) is 5.82 Å². The molecule has 1 fully saturated rings. The van der Waals surface area contributed by atoms with Gasteiger partial charge in [0.2, 0.25) is 0 Å². The largest absolute Gasteiger partial charge is 0.396 e. The van der Waals surface area contributed by atoms with Crippen LogP contribution in [0.25, 0.3) is 0 Å². The zero-order chi connectivity index (χ0) is 13.2. The summed E-state index contributed by atoms with van der Waals surface area (Å²) < 4.78 is 2.40. The lowest BCUT2D eigenvalue weighted by Crippen LogP contribution is -2.33. The fourth-order valence-electron chi connectivity index (χ4n) is 3.62. The van der Waals surface area contributed by atoms with Crippen molar-refractivity contribution >= 4 is 0 Å². The predicted octanol–water partition coefficient (Wildman–Crippen LogP) is 1.32. The van der Waals surface area contributed by atoms with Crippen molar-refractivity contribution in [2.24, 2.45) is 11.8 Å². The van der Waals surface area contributed by atoms with E-state index < -0.39 is 0 Å². The summed E-state index contributed by atoms with van der Waals surface area (Å²) in [5.41, 5.74) is 1.32. The number of imidazole rings is 1. The molecule has 0 aliphatic carbocycles. The number of hydrogen-bond donors (Lipinski definition) is 1. The average Bonchev–Trinajstić information content (AvgIpc) is 2.81. The lowest BCUT2D eigenvalue weighted by molar-refractivity contribution is 0.195. The fourth-order valence-corrected chi connectivity index (χ4v) is 3.62. The van der Waals surface area contributed by atoms with Crippen LogP contribution in [0.1, 0.15) is 30.8 Å². The van der Waals surface area contributed by atoms with Gasteiger partial charge in [0, 0.05) is 38.0 Å².